The van der Waals surface area contributed by atoms with Crippen molar-refractivity contribution < 1.29 is 9.23 Å². The maximum absolute atomic E-state index is 13.3. The van der Waals surface area contributed by atoms with Gasteiger partial charge in [0.15, 0.2) is 0 Å². The number of benzene rings is 1. The molecule has 0 aliphatic carbocycles. The summed E-state index contributed by atoms with van der Waals surface area (Å²) >= 11 is 0. The van der Waals surface area contributed by atoms with Crippen molar-refractivity contribution in [3.63, 3.8) is 0 Å². The number of likely N-dealkylation sites (N-methyl/N-ethyl adjacent to an activating group) is 1. The van der Waals surface area contributed by atoms with Gasteiger partial charge in [0, 0.05) is 23.7 Å². The van der Waals surface area contributed by atoms with E-state index >= 15 is 0 Å². The van der Waals surface area contributed by atoms with Crippen LogP contribution in [0.5, 0.6) is 0 Å². The van der Waals surface area contributed by atoms with Crippen LogP contribution < -0.4 is 5.48 Å². The molecule has 4 heteroatoms. The van der Waals surface area contributed by atoms with E-state index in [1.54, 1.807) is 19.2 Å². The predicted octanol–water partition coefficient (Wildman–Crippen LogP) is 3.59. The maximum atomic E-state index is 13.3. The average Bonchev–Trinajstić information content (AvgIpc) is 2.76. The van der Waals surface area contributed by atoms with Crippen molar-refractivity contribution in [2.75, 3.05) is 14.2 Å². The van der Waals surface area contributed by atoms with Crippen molar-refractivity contribution in [1.82, 2.24) is 10.4 Å². The second kappa shape index (κ2) is 6.39. The van der Waals surface area contributed by atoms with Crippen LogP contribution in [0.1, 0.15) is 44.1 Å². The fourth-order valence-corrected chi connectivity index (χ4v) is 4.18. The molecule has 0 aromatic heterocycles. The number of hydroxylamine groups is 1. The molecular weight excluding hydrogens is 279 g/mol. The van der Waals surface area contributed by atoms with Gasteiger partial charge in [0.05, 0.1) is 7.11 Å². The molecule has 2 aliphatic rings. The Hall–Kier alpha value is -1.39. The molecule has 2 fully saturated rings. The molecule has 2 bridgehead atoms. The summed E-state index contributed by atoms with van der Waals surface area (Å²) in [5.41, 5.74) is 6.91. The summed E-state index contributed by atoms with van der Waals surface area (Å²) in [6.45, 7) is 2.15. The van der Waals surface area contributed by atoms with E-state index in [2.05, 4.69) is 24.4 Å². The first kappa shape index (κ1) is 15.5. The van der Waals surface area contributed by atoms with Gasteiger partial charge in [-0.15, -0.1) is 0 Å². The van der Waals surface area contributed by atoms with Crippen LogP contribution in [0.2, 0.25) is 0 Å². The molecule has 2 aliphatic heterocycles. The maximum Gasteiger partial charge on any atom is 0.123 e. The molecule has 2 saturated heterocycles. The Balaban J connectivity index is 2.04. The highest BCUT2D eigenvalue weighted by Gasteiger charge is 2.43. The SMILES string of the molecule is CCC(NOC)=C1[C@H]2CCC(C[C@@H]1c1ccc(F)cc1)N2C. The van der Waals surface area contributed by atoms with E-state index in [-0.39, 0.29) is 5.82 Å². The Kier molecular flexibility index (Phi) is 4.50. The summed E-state index contributed by atoms with van der Waals surface area (Å²) in [6, 6.07) is 8.11. The highest BCUT2D eigenvalue weighted by atomic mass is 19.1. The van der Waals surface area contributed by atoms with E-state index in [1.807, 2.05) is 12.1 Å². The van der Waals surface area contributed by atoms with Crippen molar-refractivity contribution in [3.05, 3.63) is 46.9 Å². The summed E-state index contributed by atoms with van der Waals surface area (Å²) in [4.78, 5) is 7.71. The van der Waals surface area contributed by atoms with Gasteiger partial charge in [-0.2, -0.15) is 0 Å². The highest BCUT2D eigenvalue weighted by Crippen LogP contribution is 2.47. The van der Waals surface area contributed by atoms with Gasteiger partial charge in [0.1, 0.15) is 5.82 Å². The second-order valence-corrected chi connectivity index (χ2v) is 6.35. The molecule has 1 aromatic rings. The predicted molar refractivity (Wildman–Crippen MR) is 85.8 cm³/mol. The number of rotatable bonds is 4. The largest absolute Gasteiger partial charge is 0.297 e. The first-order chi connectivity index (χ1) is 10.7. The van der Waals surface area contributed by atoms with Gasteiger partial charge < -0.3 is 0 Å². The van der Waals surface area contributed by atoms with Gasteiger partial charge in [-0.25, -0.2) is 4.39 Å². The Labute approximate surface area is 132 Å². The molecule has 3 nitrogen and oxygen atoms in total. The van der Waals surface area contributed by atoms with E-state index in [0.29, 0.717) is 18.0 Å². The van der Waals surface area contributed by atoms with E-state index < -0.39 is 0 Å². The van der Waals surface area contributed by atoms with E-state index in [9.17, 15) is 4.39 Å². The van der Waals surface area contributed by atoms with Crippen molar-refractivity contribution in [3.8, 4) is 0 Å². The van der Waals surface area contributed by atoms with Crippen molar-refractivity contribution in [2.45, 2.75) is 50.6 Å². The third kappa shape index (κ3) is 2.66. The highest BCUT2D eigenvalue weighted by molar-refractivity contribution is 5.38. The summed E-state index contributed by atoms with van der Waals surface area (Å²) in [6.07, 6.45) is 4.45. The Morgan fingerprint density at radius 2 is 2.05 bits per heavy atom. The summed E-state index contributed by atoms with van der Waals surface area (Å²) < 4.78 is 13.3. The van der Waals surface area contributed by atoms with Crippen molar-refractivity contribution >= 4 is 0 Å². The zero-order valence-electron chi connectivity index (χ0n) is 13.6. The van der Waals surface area contributed by atoms with Gasteiger partial charge in [0.2, 0.25) is 0 Å². The molecule has 1 N–H and O–H groups in total. The van der Waals surface area contributed by atoms with Gasteiger partial charge in [-0.3, -0.25) is 15.2 Å². The van der Waals surface area contributed by atoms with Crippen LogP contribution in [-0.4, -0.2) is 31.1 Å². The lowest BCUT2D eigenvalue weighted by molar-refractivity contribution is 0.110. The van der Waals surface area contributed by atoms with Crippen LogP contribution in [0.3, 0.4) is 0 Å². The third-order valence-electron chi connectivity index (χ3n) is 5.28. The number of allylic oxidation sites excluding steroid dienone is 1. The number of nitrogens with one attached hydrogen (secondary N) is 1. The average molecular weight is 304 g/mol. The van der Waals surface area contributed by atoms with Gasteiger partial charge in [-0.05, 0) is 56.0 Å². The number of piperidine rings is 1. The van der Waals surface area contributed by atoms with E-state index in [4.69, 9.17) is 4.84 Å². The fraction of sp³-hybridized carbons (Fsp3) is 0.556. The topological polar surface area (TPSA) is 24.5 Å². The molecule has 1 aromatic carbocycles. The summed E-state index contributed by atoms with van der Waals surface area (Å²) in [5, 5.41) is 0. The summed E-state index contributed by atoms with van der Waals surface area (Å²) in [5.74, 6) is 0.183. The minimum Gasteiger partial charge on any atom is -0.297 e. The lowest BCUT2D eigenvalue weighted by Crippen LogP contribution is -2.42. The zero-order chi connectivity index (χ0) is 15.7. The van der Waals surface area contributed by atoms with Crippen molar-refractivity contribution in [1.29, 1.82) is 0 Å². The molecule has 120 valence electrons. The van der Waals surface area contributed by atoms with Gasteiger partial charge >= 0.3 is 0 Å². The standard InChI is InChI=1S/C18H25FN2O/c1-4-16(20-22-3)18-15(12-5-7-13(19)8-6-12)11-14-9-10-17(18)21(14)2/h5-8,14-15,17,20H,4,9-11H2,1-3H3/t14?,15-,17-/m1/s1. The molecule has 1 unspecified atom stereocenters. The number of fused-ring (bicyclic) bond motifs is 2. The quantitative estimate of drug-likeness (QED) is 0.860. The number of halogens is 1. The van der Waals surface area contributed by atoms with E-state index in [1.165, 1.54) is 29.7 Å². The minimum atomic E-state index is -0.170. The summed E-state index contributed by atoms with van der Waals surface area (Å²) in [7, 11) is 3.89. The first-order valence-electron chi connectivity index (χ1n) is 8.15. The number of hydrogen-bond acceptors (Lipinski definition) is 3. The molecule has 0 amide bonds. The monoisotopic (exact) mass is 304 g/mol. The van der Waals surface area contributed by atoms with Gasteiger partial charge in [-0.1, -0.05) is 19.1 Å². The molecule has 3 atom stereocenters. The molecule has 2 heterocycles. The van der Waals surface area contributed by atoms with Crippen LogP contribution in [-0.2, 0) is 4.84 Å². The molecule has 3 rings (SSSR count). The first-order valence-corrected chi connectivity index (χ1v) is 8.15. The third-order valence-corrected chi connectivity index (χ3v) is 5.28. The Morgan fingerprint density at radius 3 is 2.68 bits per heavy atom. The molecule has 0 saturated carbocycles. The number of nitrogens with zero attached hydrogens (tertiary/aromatic N) is 1. The molecule has 0 spiro atoms. The number of hydrogen-bond donors (Lipinski definition) is 1. The van der Waals surface area contributed by atoms with Crippen LogP contribution in [0.15, 0.2) is 35.5 Å². The van der Waals surface area contributed by atoms with E-state index in [0.717, 1.165) is 12.8 Å². The van der Waals surface area contributed by atoms with Gasteiger partial charge in [0.25, 0.3) is 0 Å². The van der Waals surface area contributed by atoms with Crippen LogP contribution in [0, 0.1) is 5.82 Å². The zero-order valence-corrected chi connectivity index (χ0v) is 13.6. The molecule has 0 radical (unpaired) electrons. The Bertz CT molecular complexity index is 555. The molecular formula is C18H25FN2O. The van der Waals surface area contributed by atoms with Crippen LogP contribution >= 0.6 is 0 Å². The fourth-order valence-electron chi connectivity index (χ4n) is 4.18. The van der Waals surface area contributed by atoms with Crippen LogP contribution in [0.4, 0.5) is 4.39 Å². The smallest absolute Gasteiger partial charge is 0.123 e. The Morgan fingerprint density at radius 1 is 1.32 bits per heavy atom. The second-order valence-electron chi connectivity index (χ2n) is 6.35. The van der Waals surface area contributed by atoms with Crippen molar-refractivity contribution in [2.24, 2.45) is 0 Å². The lowest BCUT2D eigenvalue weighted by atomic mass is 9.79. The lowest BCUT2D eigenvalue weighted by Gasteiger charge is -2.40. The minimum absolute atomic E-state index is 0.170. The normalized spacial score (nSPS) is 30.5. The molecule has 22 heavy (non-hydrogen) atoms. The van der Waals surface area contributed by atoms with Crippen LogP contribution in [0.25, 0.3) is 0 Å².